The molecule has 2 aromatic heterocycles. The number of carboxylic acid groups (broad SMARTS) is 1. The zero-order valence-corrected chi connectivity index (χ0v) is 16.2. The number of aliphatic carboxylic acids is 1. The third-order valence-electron chi connectivity index (χ3n) is 4.49. The van der Waals surface area contributed by atoms with Crippen LogP contribution in [0.4, 0.5) is 17.6 Å². The number of amides is 1. The van der Waals surface area contributed by atoms with E-state index in [2.05, 4.69) is 16.9 Å². The zero-order chi connectivity index (χ0) is 23.2. The Hall–Kier alpha value is -3.50. The molecule has 0 spiro atoms. The number of carbonyl (C=O) groups is 2. The van der Waals surface area contributed by atoms with Gasteiger partial charge in [0.25, 0.3) is 11.5 Å². The van der Waals surface area contributed by atoms with E-state index in [9.17, 15) is 27.2 Å². The number of hydrogen-bond acceptors (Lipinski definition) is 4. The summed E-state index contributed by atoms with van der Waals surface area (Å²) in [6.45, 7) is 4.16. The number of fused-ring (bicyclic) bond motifs is 1. The minimum absolute atomic E-state index is 0.00701. The van der Waals surface area contributed by atoms with Crippen LogP contribution in [-0.4, -0.2) is 38.8 Å². The molecule has 0 aliphatic heterocycles. The number of carbonyl (C=O) groups excluding carboxylic acids is 1. The van der Waals surface area contributed by atoms with Crippen molar-refractivity contribution in [2.24, 2.45) is 0 Å². The third-order valence-corrected chi connectivity index (χ3v) is 4.49. The van der Waals surface area contributed by atoms with Crippen molar-refractivity contribution in [3.8, 4) is 0 Å². The number of nitrogens with one attached hydrogen (secondary N) is 1. The maximum atomic E-state index is 13.6. The van der Waals surface area contributed by atoms with Crippen LogP contribution in [0.2, 0.25) is 0 Å². The van der Waals surface area contributed by atoms with Crippen LogP contribution >= 0.6 is 0 Å². The molecule has 11 heteroatoms. The van der Waals surface area contributed by atoms with Gasteiger partial charge in [-0.3, -0.25) is 14.6 Å². The minimum Gasteiger partial charge on any atom is -0.475 e. The van der Waals surface area contributed by atoms with Crippen molar-refractivity contribution in [1.82, 2.24) is 14.9 Å². The lowest BCUT2D eigenvalue weighted by molar-refractivity contribution is -0.192. The molecule has 0 saturated carbocycles. The highest BCUT2D eigenvalue weighted by molar-refractivity contribution is 5.94. The number of carboxylic acids is 1. The zero-order valence-electron chi connectivity index (χ0n) is 16.2. The number of halogens is 4. The van der Waals surface area contributed by atoms with Gasteiger partial charge in [0.2, 0.25) is 0 Å². The van der Waals surface area contributed by atoms with Gasteiger partial charge in [-0.2, -0.15) is 13.2 Å². The first-order valence-corrected chi connectivity index (χ1v) is 9.07. The molecule has 1 amide bonds. The lowest BCUT2D eigenvalue weighted by Gasteiger charge is -2.27. The maximum absolute atomic E-state index is 13.6. The number of aromatic nitrogens is 2. The molecule has 2 heterocycles. The number of pyridine rings is 2. The Bertz CT molecular complexity index is 1030. The molecule has 2 aromatic rings. The minimum atomic E-state index is -5.08. The predicted molar refractivity (Wildman–Crippen MR) is 102 cm³/mol. The molecule has 1 aliphatic carbocycles. The molecule has 31 heavy (non-hydrogen) atoms. The number of allylic oxidation sites excluding steroid dienone is 1. The topological polar surface area (TPSA) is 101 Å². The predicted octanol–water partition coefficient (Wildman–Crippen LogP) is 2.49. The summed E-state index contributed by atoms with van der Waals surface area (Å²) in [7, 11) is 0. The van der Waals surface area contributed by atoms with Crippen LogP contribution in [-0.2, 0) is 24.2 Å². The van der Waals surface area contributed by atoms with Crippen LogP contribution in [0, 0.1) is 5.82 Å². The Labute approximate surface area is 174 Å². The van der Waals surface area contributed by atoms with Gasteiger partial charge in [-0.25, -0.2) is 9.18 Å². The lowest BCUT2D eigenvalue weighted by Crippen LogP contribution is -2.40. The van der Waals surface area contributed by atoms with Gasteiger partial charge < -0.3 is 15.0 Å². The van der Waals surface area contributed by atoms with Crippen molar-refractivity contribution >= 4 is 11.9 Å². The summed E-state index contributed by atoms with van der Waals surface area (Å²) in [5.74, 6) is -3.83. The second-order valence-electron chi connectivity index (χ2n) is 6.61. The van der Waals surface area contributed by atoms with E-state index < -0.39 is 23.9 Å². The number of alkyl halides is 3. The molecule has 2 N–H and O–H groups in total. The summed E-state index contributed by atoms with van der Waals surface area (Å²) < 4.78 is 47.1. The first-order valence-electron chi connectivity index (χ1n) is 9.07. The largest absolute Gasteiger partial charge is 0.490 e. The fourth-order valence-corrected chi connectivity index (χ4v) is 3.10. The average Bonchev–Trinajstić information content (AvgIpc) is 2.70. The van der Waals surface area contributed by atoms with E-state index in [1.807, 2.05) is 6.07 Å². The van der Waals surface area contributed by atoms with Crippen LogP contribution in [0.1, 0.15) is 28.0 Å². The summed E-state index contributed by atoms with van der Waals surface area (Å²) in [4.78, 5) is 36.7. The van der Waals surface area contributed by atoms with Crippen molar-refractivity contribution in [3.63, 3.8) is 0 Å². The quantitative estimate of drug-likeness (QED) is 0.561. The van der Waals surface area contributed by atoms with E-state index in [-0.39, 0.29) is 17.2 Å². The summed E-state index contributed by atoms with van der Waals surface area (Å²) in [5.41, 5.74) is 1.97. The molecule has 0 aromatic carbocycles. The van der Waals surface area contributed by atoms with E-state index >= 15 is 0 Å². The molecule has 3 rings (SSSR count). The normalized spacial score (nSPS) is 15.2. The Kier molecular flexibility index (Phi) is 7.67. The van der Waals surface area contributed by atoms with Crippen LogP contribution in [0.15, 0.2) is 48.0 Å². The highest BCUT2D eigenvalue weighted by atomic mass is 19.4. The molecule has 166 valence electrons. The summed E-state index contributed by atoms with van der Waals surface area (Å²) in [6, 6.07) is 4.62. The first-order chi connectivity index (χ1) is 14.5. The van der Waals surface area contributed by atoms with Crippen molar-refractivity contribution in [2.45, 2.75) is 38.0 Å². The highest BCUT2D eigenvalue weighted by Gasteiger charge is 2.38. The van der Waals surface area contributed by atoms with Gasteiger partial charge in [0.05, 0.1) is 11.8 Å². The molecule has 0 fully saturated rings. The monoisotopic (exact) mass is 441 g/mol. The van der Waals surface area contributed by atoms with Gasteiger partial charge in [-0.05, 0) is 30.9 Å². The van der Waals surface area contributed by atoms with Gasteiger partial charge in [0.1, 0.15) is 0 Å². The van der Waals surface area contributed by atoms with Gasteiger partial charge in [-0.15, -0.1) is 6.58 Å². The molecule has 0 radical (unpaired) electrons. The summed E-state index contributed by atoms with van der Waals surface area (Å²) >= 11 is 0. The van der Waals surface area contributed by atoms with Crippen molar-refractivity contribution in [2.75, 3.05) is 0 Å². The lowest BCUT2D eigenvalue weighted by atomic mass is 9.91. The van der Waals surface area contributed by atoms with E-state index in [0.29, 0.717) is 25.8 Å². The molecular weight excluding hydrogens is 422 g/mol. The summed E-state index contributed by atoms with van der Waals surface area (Å²) in [6.07, 6.45) is 1.03. The van der Waals surface area contributed by atoms with Crippen LogP contribution in [0.5, 0.6) is 0 Å². The second kappa shape index (κ2) is 10.0. The number of rotatable bonds is 4. The molecule has 0 bridgehead atoms. The molecule has 1 unspecified atom stereocenters. The van der Waals surface area contributed by atoms with Gasteiger partial charge in [0, 0.05) is 30.5 Å². The van der Waals surface area contributed by atoms with Crippen LogP contribution in [0.25, 0.3) is 0 Å². The Morgan fingerprint density at radius 1 is 1.32 bits per heavy atom. The fraction of sp³-hybridized carbons (Fsp3) is 0.300. The van der Waals surface area contributed by atoms with E-state index in [1.165, 1.54) is 18.3 Å². The van der Waals surface area contributed by atoms with E-state index in [1.54, 1.807) is 10.6 Å². The van der Waals surface area contributed by atoms with E-state index in [4.69, 9.17) is 9.90 Å². The third kappa shape index (κ3) is 6.24. The van der Waals surface area contributed by atoms with Crippen molar-refractivity contribution in [1.29, 1.82) is 0 Å². The molecule has 1 aliphatic rings. The molecule has 0 saturated heterocycles. The Morgan fingerprint density at radius 2 is 2.00 bits per heavy atom. The molecular formula is C20H19F4N3O4. The van der Waals surface area contributed by atoms with Gasteiger partial charge in [0.15, 0.2) is 5.82 Å². The standard InChI is InChI=1S/C18H18FN3O2.C2HF3O2/c1-2-9-22-16-5-4-13(10-12(16)3-6-17(22)23)21-18(24)14-7-8-20-11-15(14)19;3-2(4,5)1(6)7/h2-3,6-8,11,13H,1,4-5,9-10H2,(H,21,24);(H,6,7). The van der Waals surface area contributed by atoms with E-state index in [0.717, 1.165) is 17.5 Å². The molecule has 7 nitrogen and oxygen atoms in total. The second-order valence-corrected chi connectivity index (χ2v) is 6.61. The maximum Gasteiger partial charge on any atom is 0.490 e. The Morgan fingerprint density at radius 3 is 2.58 bits per heavy atom. The van der Waals surface area contributed by atoms with Crippen LogP contribution in [0.3, 0.4) is 0 Å². The average molecular weight is 441 g/mol. The highest BCUT2D eigenvalue weighted by Crippen LogP contribution is 2.21. The summed E-state index contributed by atoms with van der Waals surface area (Å²) in [5, 5.41) is 9.99. The number of nitrogens with zero attached hydrogens (tertiary/aromatic N) is 2. The van der Waals surface area contributed by atoms with Crippen molar-refractivity contribution < 1.29 is 32.3 Å². The van der Waals surface area contributed by atoms with Gasteiger partial charge in [-0.1, -0.05) is 12.1 Å². The smallest absolute Gasteiger partial charge is 0.475 e. The van der Waals surface area contributed by atoms with Crippen LogP contribution < -0.4 is 10.9 Å². The number of hydrogen-bond donors (Lipinski definition) is 2. The Balaban J connectivity index is 0.000000423. The van der Waals surface area contributed by atoms with Crippen molar-refractivity contribution in [3.05, 3.63) is 76.2 Å². The fourth-order valence-electron chi connectivity index (χ4n) is 3.10. The SMILES string of the molecule is C=CCn1c2c(ccc1=O)CC(NC(=O)c1ccncc1F)CC2.O=C(O)C(F)(F)F. The van der Waals surface area contributed by atoms with Gasteiger partial charge >= 0.3 is 12.1 Å². The molecule has 1 atom stereocenters. The first kappa shape index (κ1) is 23.8.